The van der Waals surface area contributed by atoms with Crippen molar-refractivity contribution < 1.29 is 27.8 Å². The van der Waals surface area contributed by atoms with E-state index in [9.17, 15) is 18.4 Å². The molecule has 0 fully saturated rings. The number of rotatable bonds is 12. The lowest BCUT2D eigenvalue weighted by atomic mass is 9.99. The van der Waals surface area contributed by atoms with Crippen LogP contribution >= 0.6 is 0 Å². The highest BCUT2D eigenvalue weighted by atomic mass is 19.4. The fourth-order valence-corrected chi connectivity index (χ4v) is 4.12. The van der Waals surface area contributed by atoms with Crippen LogP contribution in [0.5, 0.6) is 11.5 Å². The number of hydrogen-bond acceptors (Lipinski definition) is 6. The Labute approximate surface area is 197 Å². The first-order chi connectivity index (χ1) is 16.3. The minimum Gasteiger partial charge on any atom is -0.488 e. The monoisotopic (exact) mass is 477 g/mol. The van der Waals surface area contributed by atoms with Crippen LogP contribution in [-0.2, 0) is 12.8 Å². The number of anilines is 1. The topological polar surface area (TPSA) is 77.8 Å². The minimum absolute atomic E-state index is 0.0584. The summed E-state index contributed by atoms with van der Waals surface area (Å²) in [5, 5.41) is 22.1. The summed E-state index contributed by atoms with van der Waals surface area (Å²) in [5.74, 6) is 0.326. The van der Waals surface area contributed by atoms with Crippen LogP contribution in [0.15, 0.2) is 36.4 Å². The number of nitrogens with zero attached hydrogens (tertiary/aromatic N) is 2. The molecule has 0 saturated heterocycles. The van der Waals surface area contributed by atoms with Crippen molar-refractivity contribution >= 4 is 5.69 Å². The van der Waals surface area contributed by atoms with Crippen molar-refractivity contribution in [3.05, 3.63) is 53.1 Å². The van der Waals surface area contributed by atoms with Gasteiger partial charge in [0.1, 0.15) is 12.7 Å². The predicted octanol–water partition coefficient (Wildman–Crippen LogP) is 3.84. The fourth-order valence-electron chi connectivity index (χ4n) is 4.12. The summed E-state index contributed by atoms with van der Waals surface area (Å²) in [4.78, 5) is 2.17. The quantitative estimate of drug-likeness (QED) is 0.453. The Morgan fingerprint density at radius 2 is 1.94 bits per heavy atom. The molecule has 9 heteroatoms. The second-order valence-electron chi connectivity index (χ2n) is 8.34. The van der Waals surface area contributed by atoms with Crippen LogP contribution < -0.4 is 19.7 Å². The van der Waals surface area contributed by atoms with E-state index < -0.39 is 12.8 Å². The van der Waals surface area contributed by atoms with Crippen molar-refractivity contribution in [1.29, 1.82) is 5.26 Å². The lowest BCUT2D eigenvalue weighted by Gasteiger charge is -2.21. The Bertz CT molecular complexity index is 992. The number of aliphatic hydroxyl groups is 1. The van der Waals surface area contributed by atoms with Gasteiger partial charge in [-0.25, -0.2) is 0 Å². The van der Waals surface area contributed by atoms with Crippen molar-refractivity contribution in [2.45, 2.75) is 38.4 Å². The zero-order chi connectivity index (χ0) is 24.6. The number of benzene rings is 2. The molecule has 0 spiro atoms. The minimum atomic E-state index is -4.41. The van der Waals surface area contributed by atoms with E-state index in [0.717, 1.165) is 42.7 Å². The third-order valence-corrected chi connectivity index (χ3v) is 5.56. The Morgan fingerprint density at radius 3 is 2.62 bits per heavy atom. The second-order valence-corrected chi connectivity index (χ2v) is 8.34. The first-order valence-corrected chi connectivity index (χ1v) is 11.4. The Morgan fingerprint density at radius 1 is 1.21 bits per heavy atom. The smallest absolute Gasteiger partial charge is 0.422 e. The van der Waals surface area contributed by atoms with Gasteiger partial charge >= 0.3 is 6.18 Å². The summed E-state index contributed by atoms with van der Waals surface area (Å²) >= 11 is 0. The van der Waals surface area contributed by atoms with E-state index in [-0.39, 0.29) is 30.8 Å². The largest absolute Gasteiger partial charge is 0.488 e. The maximum Gasteiger partial charge on any atom is 0.422 e. The Kier molecular flexibility index (Phi) is 9.02. The van der Waals surface area contributed by atoms with Gasteiger partial charge in [0, 0.05) is 32.3 Å². The number of alkyl halides is 3. The van der Waals surface area contributed by atoms with E-state index in [1.165, 1.54) is 6.07 Å². The number of nitriles is 1. The number of hydrogen-bond donors (Lipinski definition) is 2. The van der Waals surface area contributed by atoms with Crippen LogP contribution in [0.25, 0.3) is 0 Å². The molecule has 1 heterocycles. The molecule has 1 aliphatic heterocycles. The molecule has 0 amide bonds. The highest BCUT2D eigenvalue weighted by Crippen LogP contribution is 2.33. The van der Waals surface area contributed by atoms with Crippen LogP contribution in [0, 0.1) is 11.3 Å². The van der Waals surface area contributed by atoms with Gasteiger partial charge in [-0.2, -0.15) is 18.4 Å². The molecule has 2 N–H and O–H groups in total. The summed E-state index contributed by atoms with van der Waals surface area (Å²) in [5.41, 5.74) is 3.89. The molecule has 0 radical (unpaired) electrons. The number of para-hydroxylation sites is 2. The van der Waals surface area contributed by atoms with Gasteiger partial charge in [-0.1, -0.05) is 18.2 Å². The van der Waals surface area contributed by atoms with E-state index in [4.69, 9.17) is 14.6 Å². The zero-order valence-electron chi connectivity index (χ0n) is 19.2. The first kappa shape index (κ1) is 25.7. The molecular formula is C25H30F3N3O3. The van der Waals surface area contributed by atoms with Crippen LogP contribution in [0.2, 0.25) is 0 Å². The summed E-state index contributed by atoms with van der Waals surface area (Å²) in [6.07, 6.45) is -2.13. The Balaban J connectivity index is 1.50. The maximum absolute atomic E-state index is 12.4. The average molecular weight is 478 g/mol. The lowest BCUT2D eigenvalue weighted by Crippen LogP contribution is -2.32. The van der Waals surface area contributed by atoms with E-state index in [1.54, 1.807) is 18.2 Å². The van der Waals surface area contributed by atoms with Gasteiger partial charge in [0.25, 0.3) is 0 Å². The maximum atomic E-state index is 12.4. The number of aliphatic hydroxyl groups excluding tert-OH is 1. The van der Waals surface area contributed by atoms with Crippen molar-refractivity contribution in [3.63, 3.8) is 0 Å². The molecular weight excluding hydrogens is 447 g/mol. The summed E-state index contributed by atoms with van der Waals surface area (Å²) in [6, 6.07) is 12.8. The van der Waals surface area contributed by atoms with Gasteiger partial charge in [0.15, 0.2) is 18.1 Å². The third kappa shape index (κ3) is 7.27. The van der Waals surface area contributed by atoms with Crippen LogP contribution in [-0.4, -0.2) is 56.8 Å². The zero-order valence-corrected chi connectivity index (χ0v) is 19.2. The van der Waals surface area contributed by atoms with Gasteiger partial charge in [-0.15, -0.1) is 0 Å². The lowest BCUT2D eigenvalue weighted by molar-refractivity contribution is -0.153. The van der Waals surface area contributed by atoms with Crippen molar-refractivity contribution in [2.24, 2.45) is 0 Å². The standard InChI is InChI=1S/C25H30F3N3O3/c1-18(30-8-12-33-22-5-2-3-6-23(22)34-17-25(26,27)28)13-19-14-20-7-10-31(9-4-11-32)24(20)21(15-19)16-29/h2-3,5-6,14-15,18,30,32H,4,7-13,17H2,1H3/t18-/m1/s1. The molecule has 1 atom stereocenters. The van der Waals surface area contributed by atoms with Crippen molar-refractivity contribution in [3.8, 4) is 17.6 Å². The molecule has 0 saturated carbocycles. The normalized spacial score (nSPS) is 13.9. The molecule has 2 aromatic carbocycles. The number of halogens is 3. The van der Waals surface area contributed by atoms with Crippen LogP contribution in [0.3, 0.4) is 0 Å². The summed E-state index contributed by atoms with van der Waals surface area (Å²) in [7, 11) is 0. The Hall–Kier alpha value is -2.96. The molecule has 0 aromatic heterocycles. The number of fused-ring (bicyclic) bond motifs is 1. The number of ether oxygens (including phenoxy) is 2. The molecule has 0 bridgehead atoms. The molecule has 34 heavy (non-hydrogen) atoms. The van der Waals surface area contributed by atoms with Gasteiger partial charge in [0.05, 0.1) is 11.3 Å². The molecule has 3 rings (SSSR count). The summed E-state index contributed by atoms with van der Waals surface area (Å²) < 4.78 is 47.8. The highest BCUT2D eigenvalue weighted by Gasteiger charge is 2.29. The SMILES string of the molecule is C[C@H](Cc1cc(C#N)c2c(c1)CCN2CCCO)NCCOc1ccccc1OCC(F)(F)F. The number of nitrogens with one attached hydrogen (secondary N) is 1. The van der Waals surface area contributed by atoms with E-state index in [2.05, 4.69) is 22.4 Å². The molecule has 0 aliphatic carbocycles. The predicted molar refractivity (Wildman–Crippen MR) is 123 cm³/mol. The highest BCUT2D eigenvalue weighted by molar-refractivity contribution is 5.68. The third-order valence-electron chi connectivity index (χ3n) is 5.56. The molecule has 1 aliphatic rings. The summed E-state index contributed by atoms with van der Waals surface area (Å²) in [6.45, 7) is 3.15. The van der Waals surface area contributed by atoms with Gasteiger partial charge < -0.3 is 24.8 Å². The van der Waals surface area contributed by atoms with Gasteiger partial charge in [-0.3, -0.25) is 0 Å². The van der Waals surface area contributed by atoms with Crippen LogP contribution in [0.1, 0.15) is 30.0 Å². The van der Waals surface area contributed by atoms with E-state index in [1.807, 2.05) is 13.0 Å². The van der Waals surface area contributed by atoms with Crippen molar-refractivity contribution in [1.82, 2.24) is 5.32 Å². The second kappa shape index (κ2) is 12.0. The van der Waals surface area contributed by atoms with Gasteiger partial charge in [0.2, 0.25) is 0 Å². The average Bonchev–Trinajstić information content (AvgIpc) is 3.21. The fraction of sp³-hybridized carbons (Fsp3) is 0.480. The molecule has 184 valence electrons. The van der Waals surface area contributed by atoms with Crippen LogP contribution in [0.4, 0.5) is 18.9 Å². The molecule has 6 nitrogen and oxygen atoms in total. The van der Waals surface area contributed by atoms with E-state index in [0.29, 0.717) is 18.5 Å². The molecule has 2 aromatic rings. The first-order valence-electron chi connectivity index (χ1n) is 11.4. The van der Waals surface area contributed by atoms with Crippen molar-refractivity contribution in [2.75, 3.05) is 44.4 Å². The van der Waals surface area contributed by atoms with E-state index >= 15 is 0 Å². The molecule has 0 unspecified atom stereocenters. The van der Waals surface area contributed by atoms with Gasteiger partial charge in [-0.05, 0) is 55.5 Å².